The van der Waals surface area contributed by atoms with E-state index in [1.165, 1.54) is 19.3 Å². The Bertz CT molecular complexity index is 586. The zero-order chi connectivity index (χ0) is 14.8. The second-order valence-electron chi connectivity index (χ2n) is 5.55. The fraction of sp³-hybridized carbons (Fsp3) is 0.533. The van der Waals surface area contributed by atoms with Crippen LogP contribution in [0, 0.1) is 0 Å². The van der Waals surface area contributed by atoms with Gasteiger partial charge in [-0.15, -0.1) is 0 Å². The molecular weight excluding hydrogens is 284 g/mol. The molecule has 5 nitrogen and oxygen atoms in total. The Kier molecular flexibility index (Phi) is 4.05. The van der Waals surface area contributed by atoms with Crippen molar-refractivity contribution in [1.29, 1.82) is 0 Å². The van der Waals surface area contributed by atoms with E-state index in [0.29, 0.717) is 10.8 Å². The molecule has 1 aromatic heterocycles. The van der Waals surface area contributed by atoms with Gasteiger partial charge in [-0.1, -0.05) is 19.3 Å². The van der Waals surface area contributed by atoms with E-state index in [4.69, 9.17) is 12.2 Å². The summed E-state index contributed by atoms with van der Waals surface area (Å²) in [5, 5.41) is 7.96. The molecule has 1 saturated carbocycles. The highest BCUT2D eigenvalue weighted by Gasteiger charge is 2.36. The predicted molar refractivity (Wildman–Crippen MR) is 85.3 cm³/mol. The number of amides is 1. The summed E-state index contributed by atoms with van der Waals surface area (Å²) >= 11 is 5.35. The summed E-state index contributed by atoms with van der Waals surface area (Å²) in [7, 11) is 0. The van der Waals surface area contributed by atoms with Gasteiger partial charge in [-0.05, 0) is 44.1 Å². The Morgan fingerprint density at radius 3 is 2.86 bits per heavy atom. The molecule has 2 fully saturated rings. The quantitative estimate of drug-likeness (QED) is 0.687. The predicted octanol–water partition coefficient (Wildman–Crippen LogP) is 2.29. The second-order valence-corrected chi connectivity index (χ2v) is 5.94. The lowest BCUT2D eigenvalue weighted by molar-refractivity contribution is -0.124. The molecule has 1 aliphatic heterocycles. The molecule has 1 N–H and O–H groups in total. The second kappa shape index (κ2) is 5.97. The average molecular weight is 304 g/mol. The first-order chi connectivity index (χ1) is 10.2. The molecule has 3 rings (SSSR count). The largest absolute Gasteiger partial charge is 0.328 e. The first-order valence-corrected chi connectivity index (χ1v) is 7.99. The van der Waals surface area contributed by atoms with Crippen molar-refractivity contribution < 1.29 is 4.79 Å². The maximum absolute atomic E-state index is 12.6. The molecule has 0 atom stereocenters. The lowest BCUT2D eigenvalue weighted by Gasteiger charge is -2.29. The lowest BCUT2D eigenvalue weighted by Crippen LogP contribution is -2.41. The summed E-state index contributed by atoms with van der Waals surface area (Å²) in [6.07, 6.45) is 9.40. The molecule has 0 unspecified atom stereocenters. The fourth-order valence-corrected chi connectivity index (χ4v) is 3.34. The minimum atomic E-state index is -0.0158. The Balaban J connectivity index is 1.79. The third-order valence-electron chi connectivity index (χ3n) is 4.13. The van der Waals surface area contributed by atoms with Crippen LogP contribution in [0.1, 0.15) is 44.7 Å². The van der Waals surface area contributed by atoms with E-state index in [1.807, 2.05) is 23.9 Å². The summed E-state index contributed by atoms with van der Waals surface area (Å²) in [6, 6.07) is 2.16. The van der Waals surface area contributed by atoms with Crippen molar-refractivity contribution in [1.82, 2.24) is 20.0 Å². The first kappa shape index (κ1) is 14.3. The van der Waals surface area contributed by atoms with E-state index >= 15 is 0 Å². The maximum Gasteiger partial charge on any atom is 0.276 e. The SMILES string of the molecule is CCn1ccc(/C=C2/NC(=S)N(C3CCCCC3)C2=O)n1. The molecule has 1 aliphatic carbocycles. The van der Waals surface area contributed by atoms with Gasteiger partial charge in [0.15, 0.2) is 5.11 Å². The minimum absolute atomic E-state index is 0.0158. The van der Waals surface area contributed by atoms with Gasteiger partial charge in [0.05, 0.1) is 5.69 Å². The van der Waals surface area contributed by atoms with Gasteiger partial charge < -0.3 is 5.32 Å². The van der Waals surface area contributed by atoms with Gasteiger partial charge in [0.1, 0.15) is 5.70 Å². The number of carbonyl (C=O) groups is 1. The minimum Gasteiger partial charge on any atom is -0.328 e. The van der Waals surface area contributed by atoms with Crippen LogP contribution in [0.4, 0.5) is 0 Å². The Labute approximate surface area is 130 Å². The summed E-state index contributed by atoms with van der Waals surface area (Å²) in [5.41, 5.74) is 1.31. The number of nitrogens with zero attached hydrogens (tertiary/aromatic N) is 3. The average Bonchev–Trinajstić information content (AvgIpc) is 3.05. The van der Waals surface area contributed by atoms with Crippen molar-refractivity contribution in [2.24, 2.45) is 0 Å². The van der Waals surface area contributed by atoms with Gasteiger partial charge in [-0.3, -0.25) is 14.4 Å². The summed E-state index contributed by atoms with van der Waals surface area (Å²) in [4.78, 5) is 14.3. The third kappa shape index (κ3) is 2.85. The molecule has 0 radical (unpaired) electrons. The van der Waals surface area contributed by atoms with Crippen molar-refractivity contribution in [2.45, 2.75) is 51.6 Å². The molecule has 21 heavy (non-hydrogen) atoms. The van der Waals surface area contributed by atoms with Crippen LogP contribution in [0.3, 0.4) is 0 Å². The highest BCUT2D eigenvalue weighted by Crippen LogP contribution is 2.26. The molecule has 0 aromatic carbocycles. The van der Waals surface area contributed by atoms with Crippen molar-refractivity contribution in [3.05, 3.63) is 23.7 Å². The highest BCUT2D eigenvalue weighted by atomic mass is 32.1. The first-order valence-electron chi connectivity index (χ1n) is 7.58. The van der Waals surface area contributed by atoms with Gasteiger partial charge in [0, 0.05) is 18.8 Å². The Morgan fingerprint density at radius 1 is 1.43 bits per heavy atom. The number of hydrogen-bond acceptors (Lipinski definition) is 3. The van der Waals surface area contributed by atoms with Crippen molar-refractivity contribution in [3.8, 4) is 0 Å². The summed E-state index contributed by atoms with van der Waals surface area (Å²) in [5.74, 6) is -0.0158. The van der Waals surface area contributed by atoms with E-state index in [9.17, 15) is 4.79 Å². The molecule has 1 saturated heterocycles. The highest BCUT2D eigenvalue weighted by molar-refractivity contribution is 7.80. The number of aryl methyl sites for hydroxylation is 1. The molecule has 0 bridgehead atoms. The van der Waals surface area contributed by atoms with Crippen molar-refractivity contribution in [2.75, 3.05) is 0 Å². The zero-order valence-electron chi connectivity index (χ0n) is 12.2. The van der Waals surface area contributed by atoms with Crippen LogP contribution >= 0.6 is 12.2 Å². The molecule has 0 spiro atoms. The number of carbonyl (C=O) groups excluding carboxylic acids is 1. The van der Waals surface area contributed by atoms with E-state index < -0.39 is 0 Å². The van der Waals surface area contributed by atoms with Gasteiger partial charge in [-0.25, -0.2) is 0 Å². The molecule has 1 amide bonds. The number of thiocarbonyl (C=S) groups is 1. The van der Waals surface area contributed by atoms with Gasteiger partial charge in [-0.2, -0.15) is 5.10 Å². The smallest absolute Gasteiger partial charge is 0.276 e. The van der Waals surface area contributed by atoms with Crippen LogP contribution in [0.5, 0.6) is 0 Å². The standard InChI is InChI=1S/C15H20N4OS/c1-2-18-9-8-11(17-18)10-13-14(20)19(15(21)16-13)12-6-4-3-5-7-12/h8-10,12H,2-7H2,1H3,(H,16,21)/b13-10+. The van der Waals surface area contributed by atoms with Crippen LogP contribution in [0.15, 0.2) is 18.0 Å². The zero-order valence-corrected chi connectivity index (χ0v) is 13.0. The number of hydrogen-bond donors (Lipinski definition) is 1. The van der Waals surface area contributed by atoms with Gasteiger partial charge in [0.25, 0.3) is 5.91 Å². The molecule has 1 aromatic rings. The third-order valence-corrected chi connectivity index (χ3v) is 4.43. The van der Waals surface area contributed by atoms with Crippen LogP contribution in [-0.4, -0.2) is 31.7 Å². The molecule has 2 heterocycles. The monoisotopic (exact) mass is 304 g/mol. The number of aromatic nitrogens is 2. The molecular formula is C15H20N4OS. The van der Waals surface area contributed by atoms with Crippen LogP contribution in [0.2, 0.25) is 0 Å². The van der Waals surface area contributed by atoms with E-state index in [2.05, 4.69) is 10.4 Å². The number of rotatable bonds is 3. The van der Waals surface area contributed by atoms with E-state index in [-0.39, 0.29) is 11.9 Å². The summed E-state index contributed by atoms with van der Waals surface area (Å²) in [6.45, 7) is 2.85. The van der Waals surface area contributed by atoms with Gasteiger partial charge >= 0.3 is 0 Å². The Hall–Kier alpha value is -1.69. The van der Waals surface area contributed by atoms with E-state index in [1.54, 1.807) is 11.0 Å². The van der Waals surface area contributed by atoms with Crippen LogP contribution in [-0.2, 0) is 11.3 Å². The van der Waals surface area contributed by atoms with E-state index in [0.717, 1.165) is 25.1 Å². The topological polar surface area (TPSA) is 50.2 Å². The number of nitrogens with one attached hydrogen (secondary N) is 1. The lowest BCUT2D eigenvalue weighted by atomic mass is 9.94. The van der Waals surface area contributed by atoms with Crippen molar-refractivity contribution in [3.63, 3.8) is 0 Å². The normalized spacial score (nSPS) is 22.1. The van der Waals surface area contributed by atoms with Crippen molar-refractivity contribution >= 4 is 29.3 Å². The van der Waals surface area contributed by atoms with Crippen LogP contribution in [0.25, 0.3) is 6.08 Å². The fourth-order valence-electron chi connectivity index (χ4n) is 3.00. The van der Waals surface area contributed by atoms with Crippen LogP contribution < -0.4 is 5.32 Å². The molecule has 2 aliphatic rings. The molecule has 112 valence electrons. The molecule has 6 heteroatoms. The summed E-state index contributed by atoms with van der Waals surface area (Å²) < 4.78 is 1.84. The van der Waals surface area contributed by atoms with Gasteiger partial charge in [0.2, 0.25) is 0 Å². The Morgan fingerprint density at radius 2 is 2.19 bits per heavy atom. The maximum atomic E-state index is 12.6.